The van der Waals surface area contributed by atoms with Crippen molar-refractivity contribution in [3.63, 3.8) is 0 Å². The minimum absolute atomic E-state index is 0.180. The number of nitrogens with zero attached hydrogens (tertiary/aromatic N) is 6. The molecule has 0 saturated heterocycles. The summed E-state index contributed by atoms with van der Waals surface area (Å²) in [5.74, 6) is 0.598. The summed E-state index contributed by atoms with van der Waals surface area (Å²) >= 11 is 0. The van der Waals surface area contributed by atoms with E-state index in [1.54, 1.807) is 13.4 Å². The molecule has 2 rings (SSSR count). The molecule has 1 aromatic rings. The normalized spacial score (nSPS) is 20.0. The number of rotatable bonds is 1. The van der Waals surface area contributed by atoms with Gasteiger partial charge in [0.2, 0.25) is 5.91 Å². The van der Waals surface area contributed by atoms with E-state index in [2.05, 4.69) is 15.0 Å². The fourth-order valence-electron chi connectivity index (χ4n) is 1.96. The van der Waals surface area contributed by atoms with Crippen LogP contribution in [0.2, 0.25) is 0 Å². The number of amides is 1. The van der Waals surface area contributed by atoms with Gasteiger partial charge in [-0.15, -0.1) is 0 Å². The summed E-state index contributed by atoms with van der Waals surface area (Å²) in [6, 6.07) is -0.616. The Morgan fingerprint density at radius 1 is 1.69 bits per heavy atom. The van der Waals surface area contributed by atoms with Gasteiger partial charge in [0.15, 0.2) is 0 Å². The number of hydrogen-bond acceptors (Lipinski definition) is 3. The molecule has 0 fully saturated rings. The van der Waals surface area contributed by atoms with Crippen LogP contribution >= 0.6 is 0 Å². The number of hydrogen-bond donors (Lipinski definition) is 0. The van der Waals surface area contributed by atoms with E-state index >= 15 is 0 Å². The molecule has 84 valence electrons. The zero-order valence-corrected chi connectivity index (χ0v) is 9.16. The minimum atomic E-state index is -0.616. The molecule has 1 aliphatic rings. The van der Waals surface area contributed by atoms with E-state index < -0.39 is 6.04 Å². The molecule has 7 heteroatoms. The lowest BCUT2D eigenvalue weighted by atomic mass is 10.2. The van der Waals surface area contributed by atoms with Gasteiger partial charge in [0.25, 0.3) is 0 Å². The number of carbonyl (C=O) groups excluding carboxylic acids is 1. The summed E-state index contributed by atoms with van der Waals surface area (Å²) < 4.78 is 1.90. The maximum atomic E-state index is 12.0. The first-order valence-corrected chi connectivity index (χ1v) is 4.98. The van der Waals surface area contributed by atoms with E-state index in [9.17, 15) is 4.79 Å². The van der Waals surface area contributed by atoms with Gasteiger partial charge in [-0.1, -0.05) is 5.11 Å². The fraction of sp³-hybridized carbons (Fsp3) is 0.556. The molecule has 1 atom stereocenters. The van der Waals surface area contributed by atoms with Crippen molar-refractivity contribution in [1.82, 2.24) is 9.55 Å². The number of aryl methyl sites for hydroxylation is 2. The maximum Gasteiger partial charge on any atom is 0.236 e. The van der Waals surface area contributed by atoms with Crippen LogP contribution in [0.1, 0.15) is 12.1 Å². The van der Waals surface area contributed by atoms with Gasteiger partial charge in [0.05, 0.1) is 12.0 Å². The minimum Gasteiger partial charge on any atom is -0.317 e. The van der Waals surface area contributed by atoms with Crippen molar-refractivity contribution in [2.24, 2.45) is 5.11 Å². The summed E-state index contributed by atoms with van der Waals surface area (Å²) in [6.45, 7) is 2.49. The third kappa shape index (κ3) is 1.51. The lowest BCUT2D eigenvalue weighted by Crippen LogP contribution is -2.34. The van der Waals surface area contributed by atoms with E-state index in [4.69, 9.17) is 5.53 Å². The zero-order chi connectivity index (χ0) is 11.7. The van der Waals surface area contributed by atoms with Crippen molar-refractivity contribution in [3.8, 4) is 0 Å². The highest BCUT2D eigenvalue weighted by Gasteiger charge is 2.28. The molecule has 1 unspecified atom stereocenters. The van der Waals surface area contributed by atoms with E-state index in [1.807, 2.05) is 11.5 Å². The molecule has 0 bridgehead atoms. The first-order valence-electron chi connectivity index (χ1n) is 4.98. The molecule has 0 radical (unpaired) electrons. The van der Waals surface area contributed by atoms with Gasteiger partial charge >= 0.3 is 0 Å². The predicted octanol–water partition coefficient (Wildman–Crippen LogP) is 1.24. The molecule has 0 saturated carbocycles. The van der Waals surface area contributed by atoms with Crippen molar-refractivity contribution < 1.29 is 4.79 Å². The second-order valence-electron chi connectivity index (χ2n) is 3.75. The molecule has 0 aliphatic carbocycles. The molecule has 16 heavy (non-hydrogen) atoms. The monoisotopic (exact) mass is 220 g/mol. The third-order valence-corrected chi connectivity index (χ3v) is 2.75. The first kappa shape index (κ1) is 10.5. The van der Waals surface area contributed by atoms with E-state index in [0.29, 0.717) is 13.0 Å². The van der Waals surface area contributed by atoms with Gasteiger partial charge in [-0.2, -0.15) is 0 Å². The number of aromatic nitrogens is 2. The molecule has 0 spiro atoms. The second kappa shape index (κ2) is 3.86. The van der Waals surface area contributed by atoms with Crippen LogP contribution in [0.3, 0.4) is 0 Å². The Morgan fingerprint density at radius 2 is 2.44 bits per heavy atom. The van der Waals surface area contributed by atoms with Gasteiger partial charge in [0.1, 0.15) is 11.9 Å². The number of imidazole rings is 1. The van der Waals surface area contributed by atoms with Crippen molar-refractivity contribution in [3.05, 3.63) is 22.5 Å². The SMILES string of the molecule is Cc1ncn2c1N(C)C(=O)C(N=[N+]=[N-])CC2. The Kier molecular flexibility index (Phi) is 2.54. The van der Waals surface area contributed by atoms with Gasteiger partial charge in [-0.25, -0.2) is 4.98 Å². The Bertz CT molecular complexity index is 472. The van der Waals surface area contributed by atoms with Crippen LogP contribution < -0.4 is 4.90 Å². The van der Waals surface area contributed by atoms with E-state index in [1.165, 1.54) is 4.90 Å². The molecule has 0 N–H and O–H groups in total. The summed E-state index contributed by atoms with van der Waals surface area (Å²) in [5, 5.41) is 3.52. The summed E-state index contributed by atoms with van der Waals surface area (Å²) in [5.41, 5.74) is 9.21. The number of anilines is 1. The third-order valence-electron chi connectivity index (χ3n) is 2.75. The lowest BCUT2D eigenvalue weighted by molar-refractivity contribution is -0.119. The molecule has 1 aliphatic heterocycles. The molecule has 1 amide bonds. The highest BCUT2D eigenvalue weighted by Crippen LogP contribution is 2.24. The van der Waals surface area contributed by atoms with Crippen LogP contribution in [0, 0.1) is 6.92 Å². The average molecular weight is 220 g/mol. The highest BCUT2D eigenvalue weighted by atomic mass is 16.2. The zero-order valence-electron chi connectivity index (χ0n) is 9.16. The lowest BCUT2D eigenvalue weighted by Gasteiger charge is -2.17. The molecule has 1 aromatic heterocycles. The highest BCUT2D eigenvalue weighted by molar-refractivity contribution is 5.96. The van der Waals surface area contributed by atoms with Crippen molar-refractivity contribution in [2.75, 3.05) is 11.9 Å². The van der Waals surface area contributed by atoms with Gasteiger partial charge in [-0.3, -0.25) is 9.69 Å². The molecular formula is C9H12N6O. The second-order valence-corrected chi connectivity index (χ2v) is 3.75. The van der Waals surface area contributed by atoms with E-state index in [0.717, 1.165) is 11.5 Å². The van der Waals surface area contributed by atoms with Crippen LogP contribution in [0.5, 0.6) is 0 Å². The van der Waals surface area contributed by atoms with Crippen molar-refractivity contribution in [1.29, 1.82) is 0 Å². The van der Waals surface area contributed by atoms with Crippen molar-refractivity contribution >= 4 is 11.7 Å². The number of likely N-dealkylation sites (N-methyl/N-ethyl adjacent to an activating group) is 1. The van der Waals surface area contributed by atoms with E-state index in [-0.39, 0.29) is 5.91 Å². The first-order chi connectivity index (χ1) is 7.65. The quantitative estimate of drug-likeness (QED) is 0.405. The Labute approximate surface area is 92.3 Å². The summed E-state index contributed by atoms with van der Waals surface area (Å²) in [6.07, 6.45) is 2.21. The average Bonchev–Trinajstić information content (AvgIpc) is 2.58. The molecule has 7 nitrogen and oxygen atoms in total. The maximum absolute atomic E-state index is 12.0. The van der Waals surface area contributed by atoms with Gasteiger partial charge in [-0.05, 0) is 18.9 Å². The Balaban J connectivity index is 2.42. The fourth-order valence-corrected chi connectivity index (χ4v) is 1.96. The van der Waals surface area contributed by atoms with Crippen LogP contribution in [0.25, 0.3) is 10.4 Å². The van der Waals surface area contributed by atoms with Crippen LogP contribution in [-0.2, 0) is 11.3 Å². The van der Waals surface area contributed by atoms with Crippen LogP contribution in [0.4, 0.5) is 5.82 Å². The number of carbonyl (C=O) groups is 1. The topological polar surface area (TPSA) is 86.9 Å². The van der Waals surface area contributed by atoms with Crippen LogP contribution in [-0.4, -0.2) is 28.5 Å². The molecule has 0 aromatic carbocycles. The molecule has 2 heterocycles. The van der Waals surface area contributed by atoms with Gasteiger partial charge < -0.3 is 4.57 Å². The smallest absolute Gasteiger partial charge is 0.236 e. The van der Waals surface area contributed by atoms with Crippen LogP contribution in [0.15, 0.2) is 11.4 Å². The standard InChI is InChI=1S/C9H12N6O/c1-6-8-14(2)9(16)7(12-13-10)3-4-15(8)5-11-6/h5,7H,3-4H2,1-2H3. The summed E-state index contributed by atoms with van der Waals surface area (Å²) in [4.78, 5) is 20.3. The number of azide groups is 1. The Morgan fingerprint density at radius 3 is 3.12 bits per heavy atom. The van der Waals surface area contributed by atoms with Crippen molar-refractivity contribution in [2.45, 2.75) is 25.9 Å². The predicted molar refractivity (Wildman–Crippen MR) is 57.9 cm³/mol. The largest absolute Gasteiger partial charge is 0.317 e. The number of fused-ring (bicyclic) bond motifs is 1. The molecular weight excluding hydrogens is 208 g/mol. The van der Waals surface area contributed by atoms with Gasteiger partial charge in [0, 0.05) is 18.5 Å². The summed E-state index contributed by atoms with van der Waals surface area (Å²) in [7, 11) is 1.67. The Hall–Kier alpha value is -2.01.